The van der Waals surface area contributed by atoms with E-state index in [-0.39, 0.29) is 18.3 Å². The van der Waals surface area contributed by atoms with E-state index < -0.39 is 0 Å². The molecule has 0 bridgehead atoms. The Morgan fingerprint density at radius 1 is 0.909 bits per heavy atom. The molecule has 9 nitrogen and oxygen atoms in total. The second-order valence-corrected chi connectivity index (χ2v) is 10.2. The summed E-state index contributed by atoms with van der Waals surface area (Å²) in [5.74, 6) is 1.49. The molecule has 0 saturated carbocycles. The number of amides is 1. The highest BCUT2D eigenvalue weighted by Crippen LogP contribution is 2.35. The molecule has 0 aliphatic rings. The zero-order valence-electron chi connectivity index (χ0n) is 24.3. The van der Waals surface area contributed by atoms with Gasteiger partial charge in [-0.15, -0.1) is 0 Å². The van der Waals surface area contributed by atoms with E-state index in [4.69, 9.17) is 25.8 Å². The molecule has 0 atom stereocenters. The quantitative estimate of drug-likeness (QED) is 0.119. The number of fused-ring (bicyclic) bond motifs is 1. The van der Waals surface area contributed by atoms with E-state index in [0.717, 1.165) is 16.8 Å². The maximum Gasteiger partial charge on any atom is 0.262 e. The highest BCUT2D eigenvalue weighted by atomic mass is 35.5. The third-order valence-electron chi connectivity index (χ3n) is 6.70. The van der Waals surface area contributed by atoms with Gasteiger partial charge in [0.25, 0.3) is 5.91 Å². The van der Waals surface area contributed by atoms with Crippen LogP contribution in [0.25, 0.3) is 17.0 Å². The number of ether oxygens (including phenoxy) is 3. The van der Waals surface area contributed by atoms with Crippen molar-refractivity contribution in [3.05, 3.63) is 113 Å². The smallest absolute Gasteiger partial charge is 0.262 e. The number of aromatic nitrogens is 2. The lowest BCUT2D eigenvalue weighted by atomic mass is 10.1. The van der Waals surface area contributed by atoms with Gasteiger partial charge in [-0.2, -0.15) is 0 Å². The molecular weight excluding hydrogens is 580 g/mol. The van der Waals surface area contributed by atoms with Gasteiger partial charge in [-0.05, 0) is 84.8 Å². The minimum atomic E-state index is -0.386. The van der Waals surface area contributed by atoms with Gasteiger partial charge in [0.1, 0.15) is 17.9 Å². The Bertz CT molecular complexity index is 1860. The maximum atomic E-state index is 12.7. The minimum absolute atomic E-state index is 0.165. The summed E-state index contributed by atoms with van der Waals surface area (Å²) in [6.45, 7) is 1.67. The monoisotopic (exact) mass is 608 g/mol. The number of hydrogen-bond donors (Lipinski definition) is 2. The van der Waals surface area contributed by atoms with Crippen LogP contribution in [0.4, 0.5) is 17.2 Å². The van der Waals surface area contributed by atoms with Crippen molar-refractivity contribution in [3.8, 4) is 17.2 Å². The van der Waals surface area contributed by atoms with E-state index in [9.17, 15) is 9.59 Å². The second kappa shape index (κ2) is 13.7. The lowest BCUT2D eigenvalue weighted by molar-refractivity contribution is -0.118. The number of ketones is 1. The Morgan fingerprint density at radius 3 is 2.48 bits per heavy atom. The van der Waals surface area contributed by atoms with E-state index in [1.807, 2.05) is 43.3 Å². The molecule has 44 heavy (non-hydrogen) atoms. The average molecular weight is 609 g/mol. The normalized spacial score (nSPS) is 10.9. The standard InChI is InChI=1S/C34H29ClN4O5/c1-21-15-24(35)10-13-28(21)39-34-27-17-32(31(43-3)18-29(27)36-20-37-34)44-19-33(41)38-25-11-8-23(9-12-25)30(40)14-7-22-5-4-6-26(16-22)42-2/h4-18,20H,19H2,1-3H3,(H,38,41)(H,36,37,39)/b14-7+. The van der Waals surface area contributed by atoms with E-state index in [1.165, 1.54) is 19.5 Å². The first-order valence-corrected chi connectivity index (χ1v) is 14.0. The van der Waals surface area contributed by atoms with Gasteiger partial charge in [0.15, 0.2) is 23.9 Å². The van der Waals surface area contributed by atoms with Gasteiger partial charge in [-0.1, -0.05) is 29.8 Å². The molecule has 0 spiro atoms. The van der Waals surface area contributed by atoms with Crippen molar-refractivity contribution in [1.82, 2.24) is 9.97 Å². The summed E-state index contributed by atoms with van der Waals surface area (Å²) >= 11 is 6.10. The topological polar surface area (TPSA) is 112 Å². The molecule has 5 rings (SSSR count). The molecule has 0 aliphatic heterocycles. The van der Waals surface area contributed by atoms with Crippen molar-refractivity contribution in [1.29, 1.82) is 0 Å². The molecule has 0 unspecified atom stereocenters. The van der Waals surface area contributed by atoms with Crippen LogP contribution in [-0.2, 0) is 4.79 Å². The largest absolute Gasteiger partial charge is 0.497 e. The SMILES string of the molecule is COc1cccc(/C=C/C(=O)c2ccc(NC(=O)COc3cc4c(Nc5ccc(Cl)cc5C)ncnc4cc3OC)cc2)c1. The van der Waals surface area contributed by atoms with Crippen molar-refractivity contribution in [2.45, 2.75) is 6.92 Å². The lowest BCUT2D eigenvalue weighted by Crippen LogP contribution is -2.20. The molecule has 2 N–H and O–H groups in total. The summed E-state index contributed by atoms with van der Waals surface area (Å²) < 4.78 is 16.6. The number of rotatable bonds is 11. The molecule has 0 radical (unpaired) electrons. The van der Waals surface area contributed by atoms with E-state index in [0.29, 0.717) is 50.2 Å². The number of hydrogen-bond acceptors (Lipinski definition) is 8. The van der Waals surface area contributed by atoms with Gasteiger partial charge in [-0.3, -0.25) is 9.59 Å². The Labute approximate surface area is 259 Å². The number of halogens is 1. The van der Waals surface area contributed by atoms with Crippen molar-refractivity contribution < 1.29 is 23.8 Å². The zero-order chi connectivity index (χ0) is 31.1. The van der Waals surface area contributed by atoms with Crippen molar-refractivity contribution in [2.75, 3.05) is 31.5 Å². The second-order valence-electron chi connectivity index (χ2n) is 9.72. The van der Waals surface area contributed by atoms with Gasteiger partial charge in [-0.25, -0.2) is 9.97 Å². The molecule has 1 amide bonds. The highest BCUT2D eigenvalue weighted by molar-refractivity contribution is 6.30. The number of nitrogens with zero attached hydrogens (tertiary/aromatic N) is 2. The van der Waals surface area contributed by atoms with E-state index in [2.05, 4.69) is 20.6 Å². The summed E-state index contributed by atoms with van der Waals surface area (Å²) in [6.07, 6.45) is 4.68. The third kappa shape index (κ3) is 7.32. The maximum absolute atomic E-state index is 12.7. The Balaban J connectivity index is 1.24. The Hall–Kier alpha value is -5.41. The van der Waals surface area contributed by atoms with Gasteiger partial charge in [0.05, 0.1) is 19.7 Å². The number of anilines is 3. The molecule has 0 saturated heterocycles. The summed E-state index contributed by atoms with van der Waals surface area (Å²) in [4.78, 5) is 34.1. The van der Waals surface area contributed by atoms with Gasteiger partial charge < -0.3 is 24.8 Å². The number of benzene rings is 4. The number of carbonyl (C=O) groups is 2. The van der Waals surface area contributed by atoms with Crippen LogP contribution in [0, 0.1) is 6.92 Å². The molecule has 0 aliphatic carbocycles. The fourth-order valence-electron chi connectivity index (χ4n) is 4.40. The highest BCUT2D eigenvalue weighted by Gasteiger charge is 2.14. The molecule has 0 fully saturated rings. The fraction of sp³-hybridized carbons (Fsp3) is 0.118. The molecule has 5 aromatic rings. The predicted molar refractivity (Wildman–Crippen MR) is 172 cm³/mol. The summed E-state index contributed by atoms with van der Waals surface area (Å²) in [7, 11) is 3.11. The van der Waals surface area contributed by atoms with Crippen LogP contribution in [0.15, 0.2) is 91.3 Å². The number of carbonyl (C=O) groups excluding carboxylic acids is 2. The van der Waals surface area contributed by atoms with E-state index in [1.54, 1.807) is 55.7 Å². The average Bonchev–Trinajstić information content (AvgIpc) is 3.04. The van der Waals surface area contributed by atoms with Crippen LogP contribution < -0.4 is 24.8 Å². The number of nitrogens with one attached hydrogen (secondary N) is 2. The minimum Gasteiger partial charge on any atom is -0.497 e. The summed E-state index contributed by atoms with van der Waals surface area (Å²) in [5.41, 5.74) is 4.29. The lowest BCUT2D eigenvalue weighted by Gasteiger charge is -2.15. The predicted octanol–water partition coefficient (Wildman–Crippen LogP) is 7.27. The number of allylic oxidation sites excluding steroid dienone is 1. The first-order chi connectivity index (χ1) is 21.3. The number of methoxy groups -OCH3 is 2. The van der Waals surface area contributed by atoms with E-state index >= 15 is 0 Å². The van der Waals surface area contributed by atoms with Crippen LogP contribution >= 0.6 is 11.6 Å². The zero-order valence-corrected chi connectivity index (χ0v) is 25.0. The van der Waals surface area contributed by atoms with Crippen LogP contribution in [0.5, 0.6) is 17.2 Å². The van der Waals surface area contributed by atoms with Crippen LogP contribution in [0.3, 0.4) is 0 Å². The summed E-state index contributed by atoms with van der Waals surface area (Å²) in [6, 6.07) is 23.0. The third-order valence-corrected chi connectivity index (χ3v) is 6.93. The molecule has 1 aromatic heterocycles. The summed E-state index contributed by atoms with van der Waals surface area (Å²) in [5, 5.41) is 7.42. The molecular formula is C34H29ClN4O5. The molecule has 1 heterocycles. The van der Waals surface area contributed by atoms with Crippen molar-refractivity contribution in [2.24, 2.45) is 0 Å². The number of aryl methyl sites for hydroxylation is 1. The fourth-order valence-corrected chi connectivity index (χ4v) is 4.63. The Morgan fingerprint density at radius 2 is 1.73 bits per heavy atom. The van der Waals surface area contributed by atoms with Crippen LogP contribution in [0.2, 0.25) is 5.02 Å². The van der Waals surface area contributed by atoms with Gasteiger partial charge in [0.2, 0.25) is 0 Å². The Kier molecular flexibility index (Phi) is 9.37. The first-order valence-electron chi connectivity index (χ1n) is 13.6. The van der Waals surface area contributed by atoms with Crippen molar-refractivity contribution >= 4 is 57.5 Å². The van der Waals surface area contributed by atoms with Gasteiger partial charge >= 0.3 is 0 Å². The van der Waals surface area contributed by atoms with Crippen LogP contribution in [-0.4, -0.2) is 42.5 Å². The molecule has 10 heteroatoms. The molecule has 222 valence electrons. The van der Waals surface area contributed by atoms with Crippen LogP contribution in [0.1, 0.15) is 21.5 Å². The van der Waals surface area contributed by atoms with Gasteiger partial charge in [0, 0.05) is 33.4 Å². The molecule has 4 aromatic carbocycles. The first kappa shape index (κ1) is 30.1. The van der Waals surface area contributed by atoms with Crippen molar-refractivity contribution in [3.63, 3.8) is 0 Å².